The molecule has 7 heteroatoms. The van der Waals surface area contributed by atoms with Gasteiger partial charge in [0.2, 0.25) is 0 Å². The number of urea groups is 1. The number of aliphatic imine (C=N–C) groups is 1. The molecule has 3 fully saturated rings. The first-order valence-corrected chi connectivity index (χ1v) is 11.2. The fourth-order valence-corrected chi connectivity index (χ4v) is 4.88. The lowest BCUT2D eigenvalue weighted by atomic mass is 9.79. The van der Waals surface area contributed by atoms with Crippen molar-refractivity contribution in [1.29, 1.82) is 0 Å². The van der Waals surface area contributed by atoms with Gasteiger partial charge in [0, 0.05) is 26.2 Å². The summed E-state index contributed by atoms with van der Waals surface area (Å²) >= 11 is 0. The fourth-order valence-electron chi connectivity index (χ4n) is 4.88. The topological polar surface area (TPSA) is 85.8 Å². The van der Waals surface area contributed by atoms with Crippen LogP contribution in [-0.2, 0) is 4.79 Å². The molecule has 2 aliphatic heterocycles. The minimum absolute atomic E-state index is 0.156. The summed E-state index contributed by atoms with van der Waals surface area (Å²) in [6.07, 6.45) is 11.2. The minimum Gasteiger partial charge on any atom is -0.357 e. The van der Waals surface area contributed by atoms with Crippen LogP contribution in [0.5, 0.6) is 0 Å². The van der Waals surface area contributed by atoms with Crippen LogP contribution in [0.2, 0.25) is 0 Å². The number of guanidine groups is 1. The third-order valence-electron chi connectivity index (χ3n) is 6.74. The standard InChI is InChI=1S/C21H37N5O2/c1-3-22-19(23-15-16-9-7-5-4-6-8-10-16)26-13-11-17(12-14-26)21(2)18(27)24-20(28)25-21/h16-17H,3-15H2,1-2H3,(H,22,23)(H2,24,25,27,28). The van der Waals surface area contributed by atoms with Crippen molar-refractivity contribution in [2.45, 2.75) is 77.2 Å². The molecule has 2 saturated heterocycles. The van der Waals surface area contributed by atoms with Crippen molar-refractivity contribution < 1.29 is 9.59 Å². The first-order chi connectivity index (χ1) is 13.5. The maximum Gasteiger partial charge on any atom is 0.322 e. The first-order valence-electron chi connectivity index (χ1n) is 11.2. The number of hydrogen-bond acceptors (Lipinski definition) is 3. The van der Waals surface area contributed by atoms with E-state index >= 15 is 0 Å². The van der Waals surface area contributed by atoms with Crippen LogP contribution in [0.25, 0.3) is 0 Å². The summed E-state index contributed by atoms with van der Waals surface area (Å²) < 4.78 is 0. The number of carbonyl (C=O) groups is 2. The molecule has 28 heavy (non-hydrogen) atoms. The molecule has 1 aliphatic carbocycles. The number of piperidine rings is 1. The van der Waals surface area contributed by atoms with Crippen molar-refractivity contribution in [3.63, 3.8) is 0 Å². The van der Waals surface area contributed by atoms with Crippen LogP contribution < -0.4 is 16.0 Å². The van der Waals surface area contributed by atoms with Crippen molar-refractivity contribution in [3.8, 4) is 0 Å². The van der Waals surface area contributed by atoms with Crippen LogP contribution in [0, 0.1) is 11.8 Å². The fraction of sp³-hybridized carbons (Fsp3) is 0.857. The molecule has 0 radical (unpaired) electrons. The molecule has 0 aromatic rings. The van der Waals surface area contributed by atoms with Gasteiger partial charge in [-0.15, -0.1) is 0 Å². The lowest BCUT2D eigenvalue weighted by molar-refractivity contribution is -0.125. The van der Waals surface area contributed by atoms with E-state index in [9.17, 15) is 9.59 Å². The maximum absolute atomic E-state index is 12.2. The zero-order chi connectivity index (χ0) is 20.0. The SMILES string of the molecule is CCNC(=NCC1CCCCCCC1)N1CCC(C2(C)NC(=O)NC2=O)CC1. The van der Waals surface area contributed by atoms with Gasteiger partial charge in [0.1, 0.15) is 5.54 Å². The molecule has 0 aromatic heterocycles. The number of imide groups is 1. The predicted molar refractivity (Wildman–Crippen MR) is 111 cm³/mol. The van der Waals surface area contributed by atoms with Crippen molar-refractivity contribution in [2.24, 2.45) is 16.8 Å². The van der Waals surface area contributed by atoms with E-state index < -0.39 is 5.54 Å². The minimum atomic E-state index is -0.780. The molecule has 0 bridgehead atoms. The van der Waals surface area contributed by atoms with Crippen molar-refractivity contribution in [3.05, 3.63) is 0 Å². The Bertz CT molecular complexity index is 577. The molecule has 1 unspecified atom stereocenters. The van der Waals surface area contributed by atoms with Crippen molar-refractivity contribution in [2.75, 3.05) is 26.2 Å². The highest BCUT2D eigenvalue weighted by atomic mass is 16.2. The second-order valence-electron chi connectivity index (χ2n) is 8.78. The monoisotopic (exact) mass is 391 g/mol. The molecular formula is C21H37N5O2. The van der Waals surface area contributed by atoms with Crippen molar-refractivity contribution in [1.82, 2.24) is 20.9 Å². The molecule has 3 N–H and O–H groups in total. The third-order valence-corrected chi connectivity index (χ3v) is 6.74. The summed E-state index contributed by atoms with van der Waals surface area (Å²) in [6, 6.07) is -0.371. The zero-order valence-corrected chi connectivity index (χ0v) is 17.6. The van der Waals surface area contributed by atoms with Crippen LogP contribution in [0.1, 0.15) is 71.6 Å². The Hall–Kier alpha value is -1.79. The third kappa shape index (κ3) is 4.97. The molecule has 0 spiro atoms. The van der Waals surface area contributed by atoms with E-state index in [-0.39, 0.29) is 17.9 Å². The van der Waals surface area contributed by atoms with Crippen LogP contribution in [0.15, 0.2) is 4.99 Å². The molecule has 3 rings (SSSR count). The Morgan fingerprint density at radius 1 is 1.11 bits per heavy atom. The van der Waals surface area contributed by atoms with Gasteiger partial charge < -0.3 is 15.5 Å². The molecular weight excluding hydrogens is 354 g/mol. The predicted octanol–water partition coefficient (Wildman–Crippen LogP) is 2.62. The van der Waals surface area contributed by atoms with Crippen LogP contribution >= 0.6 is 0 Å². The highest BCUT2D eigenvalue weighted by Crippen LogP contribution is 2.30. The molecule has 2 heterocycles. The lowest BCUT2D eigenvalue weighted by Gasteiger charge is -2.39. The maximum atomic E-state index is 12.2. The number of hydrogen-bond donors (Lipinski definition) is 3. The Kier molecular flexibility index (Phi) is 7.18. The largest absolute Gasteiger partial charge is 0.357 e. The molecule has 7 nitrogen and oxygen atoms in total. The van der Waals surface area contributed by atoms with E-state index in [0.29, 0.717) is 5.92 Å². The Morgan fingerprint density at radius 2 is 1.75 bits per heavy atom. The number of nitrogens with one attached hydrogen (secondary N) is 3. The summed E-state index contributed by atoms with van der Waals surface area (Å²) in [5.74, 6) is 1.68. The summed E-state index contributed by atoms with van der Waals surface area (Å²) in [7, 11) is 0. The van der Waals surface area contributed by atoms with Gasteiger partial charge in [0.05, 0.1) is 0 Å². The second kappa shape index (κ2) is 9.61. The van der Waals surface area contributed by atoms with Gasteiger partial charge in [0.25, 0.3) is 5.91 Å². The van der Waals surface area contributed by atoms with Gasteiger partial charge in [-0.1, -0.05) is 32.1 Å². The number of likely N-dealkylation sites (tertiary alicyclic amines) is 1. The Labute approximate surface area is 169 Å². The molecule has 1 saturated carbocycles. The number of nitrogens with zero attached hydrogens (tertiary/aromatic N) is 2. The molecule has 0 aromatic carbocycles. The van der Waals surface area contributed by atoms with Crippen LogP contribution in [-0.4, -0.2) is 54.5 Å². The average molecular weight is 392 g/mol. The summed E-state index contributed by atoms with van der Waals surface area (Å²) in [5.41, 5.74) is -0.780. The van der Waals surface area contributed by atoms with E-state index in [1.165, 1.54) is 44.9 Å². The highest BCUT2D eigenvalue weighted by molar-refractivity contribution is 6.07. The molecule has 158 valence electrons. The average Bonchev–Trinajstić information content (AvgIpc) is 2.92. The van der Waals surface area contributed by atoms with Crippen LogP contribution in [0.3, 0.4) is 0 Å². The van der Waals surface area contributed by atoms with Gasteiger partial charge in [-0.2, -0.15) is 0 Å². The molecule has 3 amide bonds. The number of rotatable bonds is 4. The van der Waals surface area contributed by atoms with Gasteiger partial charge >= 0.3 is 6.03 Å². The smallest absolute Gasteiger partial charge is 0.322 e. The number of amides is 3. The van der Waals surface area contributed by atoms with Crippen LogP contribution in [0.4, 0.5) is 4.79 Å². The lowest BCUT2D eigenvalue weighted by Crippen LogP contribution is -2.55. The summed E-state index contributed by atoms with van der Waals surface area (Å²) in [5, 5.41) is 8.68. The number of carbonyl (C=O) groups excluding carboxylic acids is 2. The zero-order valence-electron chi connectivity index (χ0n) is 17.6. The van der Waals surface area contributed by atoms with E-state index in [2.05, 4.69) is 27.8 Å². The van der Waals surface area contributed by atoms with Gasteiger partial charge in [0.15, 0.2) is 5.96 Å². The van der Waals surface area contributed by atoms with E-state index in [1.807, 2.05) is 6.92 Å². The molecule has 3 aliphatic rings. The first kappa shape index (κ1) is 20.9. The molecule has 1 atom stereocenters. The van der Waals surface area contributed by atoms with E-state index in [0.717, 1.165) is 45.0 Å². The van der Waals surface area contributed by atoms with Gasteiger partial charge in [-0.25, -0.2) is 4.79 Å². The van der Waals surface area contributed by atoms with Gasteiger partial charge in [-0.05, 0) is 51.4 Å². The van der Waals surface area contributed by atoms with Crippen molar-refractivity contribution >= 4 is 17.9 Å². The Morgan fingerprint density at radius 3 is 2.32 bits per heavy atom. The quantitative estimate of drug-likeness (QED) is 0.391. The normalized spacial score (nSPS) is 28.5. The van der Waals surface area contributed by atoms with E-state index in [1.54, 1.807) is 0 Å². The highest BCUT2D eigenvalue weighted by Gasteiger charge is 2.48. The Balaban J connectivity index is 1.56. The summed E-state index contributed by atoms with van der Waals surface area (Å²) in [4.78, 5) is 31.1. The van der Waals surface area contributed by atoms with Gasteiger partial charge in [-0.3, -0.25) is 15.1 Å². The van der Waals surface area contributed by atoms with E-state index in [4.69, 9.17) is 4.99 Å². The second-order valence-corrected chi connectivity index (χ2v) is 8.78. The summed E-state index contributed by atoms with van der Waals surface area (Å²) in [6.45, 7) is 7.46.